The molecule has 0 amide bonds. The first-order chi connectivity index (χ1) is 7.65. The Morgan fingerprint density at radius 1 is 1.06 bits per heavy atom. The van der Waals surface area contributed by atoms with Crippen LogP contribution in [0.15, 0.2) is 0 Å². The standard InChI is InChI=1S/C15H31N/c1-5-6-7-8-13(2)14-9-11-15(12-10-14)16(3)4/h13-15H,5-12H2,1-4H3. The first kappa shape index (κ1) is 14.0. The van der Waals surface area contributed by atoms with Crippen LogP contribution in [0.1, 0.15) is 65.2 Å². The third-order valence-corrected chi connectivity index (χ3v) is 4.54. The molecule has 1 atom stereocenters. The molecule has 1 rings (SSSR count). The summed E-state index contributed by atoms with van der Waals surface area (Å²) in [5.74, 6) is 1.99. The first-order valence-corrected chi connectivity index (χ1v) is 7.31. The van der Waals surface area contributed by atoms with E-state index in [-0.39, 0.29) is 0 Å². The zero-order chi connectivity index (χ0) is 12.0. The lowest BCUT2D eigenvalue weighted by Gasteiger charge is -2.35. The molecular formula is C15H31N. The summed E-state index contributed by atoms with van der Waals surface area (Å²) in [6.07, 6.45) is 11.5. The van der Waals surface area contributed by atoms with E-state index < -0.39 is 0 Å². The number of unbranched alkanes of at least 4 members (excludes halogenated alkanes) is 2. The van der Waals surface area contributed by atoms with Gasteiger partial charge in [0.25, 0.3) is 0 Å². The minimum atomic E-state index is 0.860. The lowest BCUT2D eigenvalue weighted by molar-refractivity contribution is 0.159. The van der Waals surface area contributed by atoms with E-state index in [0.29, 0.717) is 0 Å². The van der Waals surface area contributed by atoms with Crippen LogP contribution in [-0.2, 0) is 0 Å². The average Bonchev–Trinajstić information content (AvgIpc) is 2.29. The Morgan fingerprint density at radius 3 is 2.19 bits per heavy atom. The van der Waals surface area contributed by atoms with Crippen molar-refractivity contribution in [2.75, 3.05) is 14.1 Å². The molecule has 0 aromatic rings. The van der Waals surface area contributed by atoms with Gasteiger partial charge >= 0.3 is 0 Å². The molecule has 0 saturated heterocycles. The zero-order valence-corrected chi connectivity index (χ0v) is 11.8. The number of hydrogen-bond acceptors (Lipinski definition) is 1. The van der Waals surface area contributed by atoms with Gasteiger partial charge in [-0.3, -0.25) is 0 Å². The van der Waals surface area contributed by atoms with E-state index >= 15 is 0 Å². The Labute approximate surface area is 103 Å². The molecule has 0 bridgehead atoms. The van der Waals surface area contributed by atoms with E-state index in [1.165, 1.54) is 51.4 Å². The van der Waals surface area contributed by atoms with Crippen LogP contribution in [-0.4, -0.2) is 25.0 Å². The topological polar surface area (TPSA) is 3.24 Å². The second-order valence-electron chi connectivity index (χ2n) is 6.01. The average molecular weight is 225 g/mol. The van der Waals surface area contributed by atoms with Gasteiger partial charge in [0.05, 0.1) is 0 Å². The van der Waals surface area contributed by atoms with E-state index in [1.807, 2.05) is 0 Å². The molecule has 0 N–H and O–H groups in total. The Bertz CT molecular complexity index is 168. The maximum atomic E-state index is 2.48. The van der Waals surface area contributed by atoms with Gasteiger partial charge in [-0.25, -0.2) is 0 Å². The first-order valence-electron chi connectivity index (χ1n) is 7.31. The van der Waals surface area contributed by atoms with Crippen molar-refractivity contribution in [2.45, 2.75) is 71.3 Å². The summed E-state index contributed by atoms with van der Waals surface area (Å²) in [5.41, 5.74) is 0. The summed E-state index contributed by atoms with van der Waals surface area (Å²) in [4.78, 5) is 2.41. The third-order valence-electron chi connectivity index (χ3n) is 4.54. The highest BCUT2D eigenvalue weighted by atomic mass is 15.1. The molecule has 1 unspecified atom stereocenters. The van der Waals surface area contributed by atoms with E-state index in [4.69, 9.17) is 0 Å². The molecule has 1 heteroatoms. The van der Waals surface area contributed by atoms with Gasteiger partial charge < -0.3 is 4.90 Å². The summed E-state index contributed by atoms with van der Waals surface area (Å²) < 4.78 is 0. The van der Waals surface area contributed by atoms with Crippen LogP contribution < -0.4 is 0 Å². The molecule has 0 aromatic carbocycles. The normalized spacial score (nSPS) is 28.3. The fourth-order valence-electron chi connectivity index (χ4n) is 3.14. The summed E-state index contributed by atoms with van der Waals surface area (Å²) in [7, 11) is 4.46. The van der Waals surface area contributed by atoms with Crippen molar-refractivity contribution in [1.29, 1.82) is 0 Å². The number of hydrogen-bond donors (Lipinski definition) is 0. The van der Waals surface area contributed by atoms with Crippen LogP contribution >= 0.6 is 0 Å². The van der Waals surface area contributed by atoms with Gasteiger partial charge in [0.2, 0.25) is 0 Å². The van der Waals surface area contributed by atoms with E-state index in [2.05, 4.69) is 32.8 Å². The molecule has 0 aromatic heterocycles. The van der Waals surface area contributed by atoms with Crippen molar-refractivity contribution >= 4 is 0 Å². The van der Waals surface area contributed by atoms with Crippen molar-refractivity contribution in [3.05, 3.63) is 0 Å². The number of rotatable bonds is 6. The summed E-state index contributed by atoms with van der Waals surface area (Å²) in [5, 5.41) is 0. The summed E-state index contributed by atoms with van der Waals surface area (Å²) >= 11 is 0. The van der Waals surface area contributed by atoms with Gasteiger partial charge in [0.1, 0.15) is 0 Å². The van der Waals surface area contributed by atoms with Gasteiger partial charge in [0.15, 0.2) is 0 Å². The fraction of sp³-hybridized carbons (Fsp3) is 1.00. The lowest BCUT2D eigenvalue weighted by Crippen LogP contribution is -2.33. The van der Waals surface area contributed by atoms with Crippen molar-refractivity contribution < 1.29 is 0 Å². The zero-order valence-electron chi connectivity index (χ0n) is 11.8. The second kappa shape index (κ2) is 7.32. The van der Waals surface area contributed by atoms with Gasteiger partial charge in [-0.2, -0.15) is 0 Å². The largest absolute Gasteiger partial charge is 0.306 e. The van der Waals surface area contributed by atoms with E-state index in [0.717, 1.165) is 17.9 Å². The van der Waals surface area contributed by atoms with Crippen LogP contribution in [0, 0.1) is 11.8 Å². The smallest absolute Gasteiger partial charge is 0.00893 e. The van der Waals surface area contributed by atoms with Crippen molar-refractivity contribution in [3.8, 4) is 0 Å². The molecule has 0 aliphatic heterocycles. The molecule has 16 heavy (non-hydrogen) atoms. The van der Waals surface area contributed by atoms with Crippen molar-refractivity contribution in [1.82, 2.24) is 4.90 Å². The van der Waals surface area contributed by atoms with Crippen LogP contribution in [0.25, 0.3) is 0 Å². The SMILES string of the molecule is CCCCCC(C)C1CCC(N(C)C)CC1. The summed E-state index contributed by atoms with van der Waals surface area (Å²) in [6, 6.07) is 0.860. The molecule has 1 nitrogen and oxygen atoms in total. The van der Waals surface area contributed by atoms with Crippen molar-refractivity contribution in [2.24, 2.45) is 11.8 Å². The minimum absolute atomic E-state index is 0.860. The molecule has 1 saturated carbocycles. The van der Waals surface area contributed by atoms with E-state index in [1.54, 1.807) is 0 Å². The predicted octanol–water partition coefficient (Wildman–Crippen LogP) is 4.32. The van der Waals surface area contributed by atoms with Gasteiger partial charge in [-0.15, -0.1) is 0 Å². The van der Waals surface area contributed by atoms with Crippen LogP contribution in [0.3, 0.4) is 0 Å². The Morgan fingerprint density at radius 2 is 1.69 bits per heavy atom. The Kier molecular flexibility index (Phi) is 6.41. The molecule has 96 valence electrons. The molecule has 1 aliphatic carbocycles. The molecule has 1 aliphatic rings. The van der Waals surface area contributed by atoms with E-state index in [9.17, 15) is 0 Å². The fourth-order valence-corrected chi connectivity index (χ4v) is 3.14. The number of nitrogens with zero attached hydrogens (tertiary/aromatic N) is 1. The Balaban J connectivity index is 2.19. The molecule has 1 fully saturated rings. The van der Waals surface area contributed by atoms with Crippen LogP contribution in [0.4, 0.5) is 0 Å². The highest BCUT2D eigenvalue weighted by Crippen LogP contribution is 2.33. The maximum absolute atomic E-state index is 2.48. The van der Waals surface area contributed by atoms with Gasteiger partial charge in [-0.1, -0.05) is 39.5 Å². The molecule has 0 heterocycles. The maximum Gasteiger partial charge on any atom is 0.00893 e. The van der Waals surface area contributed by atoms with Crippen LogP contribution in [0.2, 0.25) is 0 Å². The highest BCUT2D eigenvalue weighted by molar-refractivity contribution is 4.79. The Hall–Kier alpha value is -0.0400. The highest BCUT2D eigenvalue weighted by Gasteiger charge is 2.25. The van der Waals surface area contributed by atoms with Crippen LogP contribution in [0.5, 0.6) is 0 Å². The van der Waals surface area contributed by atoms with Gasteiger partial charge in [0, 0.05) is 6.04 Å². The van der Waals surface area contributed by atoms with Gasteiger partial charge in [-0.05, 0) is 51.6 Å². The minimum Gasteiger partial charge on any atom is -0.306 e. The molecular weight excluding hydrogens is 194 g/mol. The quantitative estimate of drug-likeness (QED) is 0.608. The predicted molar refractivity (Wildman–Crippen MR) is 72.7 cm³/mol. The molecule has 0 radical (unpaired) electrons. The van der Waals surface area contributed by atoms with Crippen molar-refractivity contribution in [3.63, 3.8) is 0 Å². The third kappa shape index (κ3) is 4.45. The summed E-state index contributed by atoms with van der Waals surface area (Å²) in [6.45, 7) is 4.78. The lowest BCUT2D eigenvalue weighted by atomic mass is 9.77. The second-order valence-corrected chi connectivity index (χ2v) is 6.01. The molecule has 0 spiro atoms. The monoisotopic (exact) mass is 225 g/mol.